The Balaban J connectivity index is 2.72. The predicted molar refractivity (Wildman–Crippen MR) is 69.2 cm³/mol. The summed E-state index contributed by atoms with van der Waals surface area (Å²) in [7, 11) is 0. The van der Waals surface area contributed by atoms with Gasteiger partial charge in [-0.2, -0.15) is 0 Å². The van der Waals surface area contributed by atoms with E-state index in [1.807, 2.05) is 19.9 Å². The van der Waals surface area contributed by atoms with Crippen LogP contribution >= 0.6 is 11.6 Å². The lowest BCUT2D eigenvalue weighted by atomic mass is 10.2. The molecule has 1 rings (SSSR count). The second-order valence-electron chi connectivity index (χ2n) is 3.94. The highest BCUT2D eigenvalue weighted by atomic mass is 35.5. The van der Waals surface area contributed by atoms with Crippen LogP contribution in [0.25, 0.3) is 0 Å². The predicted octanol–water partition coefficient (Wildman–Crippen LogP) is 3.30. The van der Waals surface area contributed by atoms with E-state index in [1.165, 1.54) is 17.7 Å². The Morgan fingerprint density at radius 3 is 2.82 bits per heavy atom. The van der Waals surface area contributed by atoms with Gasteiger partial charge in [0.25, 0.3) is 5.69 Å². The van der Waals surface area contributed by atoms with Gasteiger partial charge < -0.3 is 5.32 Å². The van der Waals surface area contributed by atoms with Crippen LogP contribution in [0.5, 0.6) is 0 Å². The van der Waals surface area contributed by atoms with Gasteiger partial charge in [-0.05, 0) is 26.0 Å². The molecule has 1 aromatic carbocycles. The number of hydrogen-bond donors (Lipinski definition) is 1. The molecule has 0 unspecified atom stereocenters. The van der Waals surface area contributed by atoms with Gasteiger partial charge in [0.2, 0.25) is 0 Å². The normalized spacial score (nSPS) is 10.1. The molecule has 0 amide bonds. The number of nitrogens with one attached hydrogen (secondary N) is 1. The topological polar surface area (TPSA) is 55.2 Å². The smallest absolute Gasteiger partial charge is 0.273 e. The molecule has 0 bridgehead atoms. The quantitative estimate of drug-likeness (QED) is 0.380. The number of allylic oxidation sites excluding steroid dienone is 1. The van der Waals surface area contributed by atoms with Crippen molar-refractivity contribution in [3.8, 4) is 0 Å². The van der Waals surface area contributed by atoms with Crippen molar-refractivity contribution in [2.75, 3.05) is 6.54 Å². The van der Waals surface area contributed by atoms with Gasteiger partial charge in [0.15, 0.2) is 0 Å². The Labute approximate surface area is 105 Å². The third-order valence-corrected chi connectivity index (χ3v) is 2.44. The van der Waals surface area contributed by atoms with Crippen LogP contribution in [0, 0.1) is 10.1 Å². The van der Waals surface area contributed by atoms with Gasteiger partial charge in [0.05, 0.1) is 4.92 Å². The maximum atomic E-state index is 10.8. The van der Waals surface area contributed by atoms with Gasteiger partial charge in [0, 0.05) is 29.7 Å². The maximum absolute atomic E-state index is 10.8. The lowest BCUT2D eigenvalue weighted by Crippen LogP contribution is -2.14. The number of benzene rings is 1. The van der Waals surface area contributed by atoms with Gasteiger partial charge in [-0.15, -0.1) is 0 Å². The summed E-state index contributed by atoms with van der Waals surface area (Å²) >= 11 is 5.82. The molecule has 1 N–H and O–H groups in total. The van der Waals surface area contributed by atoms with Crippen LogP contribution in [0.2, 0.25) is 5.02 Å². The van der Waals surface area contributed by atoms with E-state index < -0.39 is 4.92 Å². The zero-order valence-electron chi connectivity index (χ0n) is 9.87. The van der Waals surface area contributed by atoms with E-state index in [0.29, 0.717) is 23.7 Å². The zero-order valence-corrected chi connectivity index (χ0v) is 10.6. The van der Waals surface area contributed by atoms with Crippen LogP contribution in [-0.2, 0) is 6.54 Å². The minimum atomic E-state index is -0.395. The van der Waals surface area contributed by atoms with Gasteiger partial charge in [0.1, 0.15) is 0 Å². The molecule has 0 saturated heterocycles. The Morgan fingerprint density at radius 1 is 1.53 bits per heavy atom. The van der Waals surface area contributed by atoms with E-state index in [0.717, 1.165) is 0 Å². The molecule has 0 atom stereocenters. The molecule has 92 valence electrons. The van der Waals surface area contributed by atoms with Crippen molar-refractivity contribution in [2.24, 2.45) is 0 Å². The van der Waals surface area contributed by atoms with Crippen LogP contribution in [0.1, 0.15) is 19.4 Å². The largest absolute Gasteiger partial charge is 0.309 e. The first-order chi connectivity index (χ1) is 8.00. The first kappa shape index (κ1) is 13.7. The summed E-state index contributed by atoms with van der Waals surface area (Å²) in [4.78, 5) is 10.4. The molecular formula is C12H15ClN2O2. The minimum Gasteiger partial charge on any atom is -0.309 e. The molecule has 17 heavy (non-hydrogen) atoms. The van der Waals surface area contributed by atoms with E-state index in [4.69, 9.17) is 11.6 Å². The fourth-order valence-electron chi connectivity index (χ4n) is 1.36. The van der Waals surface area contributed by atoms with Crippen molar-refractivity contribution in [1.82, 2.24) is 5.32 Å². The summed E-state index contributed by atoms with van der Waals surface area (Å²) in [6, 6.07) is 4.58. The van der Waals surface area contributed by atoms with E-state index in [-0.39, 0.29) is 5.69 Å². The summed E-state index contributed by atoms with van der Waals surface area (Å²) in [5.41, 5.74) is 1.90. The van der Waals surface area contributed by atoms with E-state index in [9.17, 15) is 10.1 Å². The van der Waals surface area contributed by atoms with Gasteiger partial charge in [-0.3, -0.25) is 10.1 Å². The summed E-state index contributed by atoms with van der Waals surface area (Å²) in [6.07, 6.45) is 2.02. The monoisotopic (exact) mass is 254 g/mol. The summed E-state index contributed by atoms with van der Waals surface area (Å²) in [5, 5.41) is 14.4. The summed E-state index contributed by atoms with van der Waals surface area (Å²) < 4.78 is 0. The van der Waals surface area contributed by atoms with Crippen LogP contribution in [0.15, 0.2) is 29.8 Å². The minimum absolute atomic E-state index is 0.0964. The van der Waals surface area contributed by atoms with Crippen molar-refractivity contribution >= 4 is 17.3 Å². The van der Waals surface area contributed by atoms with Crippen molar-refractivity contribution in [3.63, 3.8) is 0 Å². The number of rotatable bonds is 5. The van der Waals surface area contributed by atoms with E-state index >= 15 is 0 Å². The van der Waals surface area contributed by atoms with Crippen molar-refractivity contribution in [1.29, 1.82) is 0 Å². The molecule has 1 aromatic rings. The number of nitro groups is 1. The van der Waals surface area contributed by atoms with Crippen LogP contribution < -0.4 is 5.32 Å². The first-order valence-corrected chi connectivity index (χ1v) is 5.65. The fraction of sp³-hybridized carbons (Fsp3) is 0.333. The Bertz CT molecular complexity index is 440. The highest BCUT2D eigenvalue weighted by Crippen LogP contribution is 2.22. The standard InChI is InChI=1S/C12H15ClN2O2/c1-9(2)5-6-14-8-10-7-11(13)3-4-12(10)15(16)17/h3-5,7,14H,6,8H2,1-2H3. The second kappa shape index (κ2) is 6.37. The maximum Gasteiger partial charge on any atom is 0.273 e. The van der Waals surface area contributed by atoms with E-state index in [1.54, 1.807) is 6.07 Å². The summed E-state index contributed by atoms with van der Waals surface area (Å²) in [5.74, 6) is 0. The molecule has 0 fully saturated rings. The number of hydrogen-bond acceptors (Lipinski definition) is 3. The van der Waals surface area contributed by atoms with Crippen molar-refractivity contribution < 1.29 is 4.92 Å². The van der Waals surface area contributed by atoms with Gasteiger partial charge in [-0.1, -0.05) is 23.3 Å². The average molecular weight is 255 g/mol. The average Bonchev–Trinajstić information content (AvgIpc) is 2.23. The lowest BCUT2D eigenvalue weighted by molar-refractivity contribution is -0.385. The molecule has 0 radical (unpaired) electrons. The highest BCUT2D eigenvalue weighted by Gasteiger charge is 2.12. The summed E-state index contributed by atoms with van der Waals surface area (Å²) in [6.45, 7) is 5.12. The van der Waals surface area contributed by atoms with Crippen LogP contribution in [0.4, 0.5) is 5.69 Å². The molecule has 0 aliphatic carbocycles. The molecule has 0 spiro atoms. The van der Waals surface area contributed by atoms with Crippen LogP contribution in [0.3, 0.4) is 0 Å². The van der Waals surface area contributed by atoms with Crippen molar-refractivity contribution in [2.45, 2.75) is 20.4 Å². The third-order valence-electron chi connectivity index (χ3n) is 2.21. The highest BCUT2D eigenvalue weighted by molar-refractivity contribution is 6.30. The molecular weight excluding hydrogens is 240 g/mol. The van der Waals surface area contributed by atoms with Crippen molar-refractivity contribution in [3.05, 3.63) is 50.5 Å². The Kier molecular flexibility index (Phi) is 5.12. The first-order valence-electron chi connectivity index (χ1n) is 5.27. The Hall–Kier alpha value is -1.39. The number of halogens is 1. The Morgan fingerprint density at radius 2 is 2.24 bits per heavy atom. The molecule has 0 aliphatic rings. The zero-order chi connectivity index (χ0) is 12.8. The van der Waals surface area contributed by atoms with Gasteiger partial charge in [-0.25, -0.2) is 0 Å². The molecule has 0 heterocycles. The van der Waals surface area contributed by atoms with E-state index in [2.05, 4.69) is 5.32 Å². The number of nitro benzene ring substituents is 1. The molecule has 4 nitrogen and oxygen atoms in total. The number of nitrogens with zero attached hydrogens (tertiary/aromatic N) is 1. The third kappa shape index (κ3) is 4.54. The molecule has 0 aliphatic heterocycles. The molecule has 0 saturated carbocycles. The lowest BCUT2D eigenvalue weighted by Gasteiger charge is -2.04. The SMILES string of the molecule is CC(C)=CCNCc1cc(Cl)ccc1[N+](=O)[O-]. The fourth-order valence-corrected chi connectivity index (χ4v) is 1.55. The molecule has 0 aromatic heterocycles. The van der Waals surface area contributed by atoms with Gasteiger partial charge >= 0.3 is 0 Å². The molecule has 5 heteroatoms. The van der Waals surface area contributed by atoms with Crippen LogP contribution in [-0.4, -0.2) is 11.5 Å². The second-order valence-corrected chi connectivity index (χ2v) is 4.38.